The molecule has 0 unspecified atom stereocenters. The minimum absolute atomic E-state index is 0.532. The summed E-state index contributed by atoms with van der Waals surface area (Å²) in [6.07, 6.45) is -2.57. The van der Waals surface area contributed by atoms with Crippen LogP contribution >= 0.6 is 0 Å². The largest absolute Gasteiger partial charge is 0.492 e. The molecular weight excluding hydrogens is 369 g/mol. The van der Waals surface area contributed by atoms with Gasteiger partial charge in [0.05, 0.1) is 17.2 Å². The van der Waals surface area contributed by atoms with Gasteiger partial charge in [0.2, 0.25) is 0 Å². The Morgan fingerprint density at radius 2 is 1.82 bits per heavy atom. The molecule has 5 nitrogen and oxygen atoms in total. The number of ether oxygens (including phenoxy) is 1. The summed E-state index contributed by atoms with van der Waals surface area (Å²) in [5, 5.41) is 8.80. The van der Waals surface area contributed by atoms with E-state index in [-0.39, 0.29) is 0 Å². The summed E-state index contributed by atoms with van der Waals surface area (Å²) in [7, 11) is 0. The Morgan fingerprint density at radius 3 is 2.46 bits per heavy atom. The molecule has 1 saturated heterocycles. The molecule has 0 spiro atoms. The molecule has 8 heteroatoms. The van der Waals surface area contributed by atoms with E-state index in [0.29, 0.717) is 24.5 Å². The lowest BCUT2D eigenvalue weighted by Gasteiger charge is -2.23. The fourth-order valence-electron chi connectivity index (χ4n) is 3.08. The van der Waals surface area contributed by atoms with E-state index in [0.717, 1.165) is 50.6 Å². The minimum atomic E-state index is -4.37. The molecule has 148 valence electrons. The topological polar surface area (TPSA) is 52.4 Å². The van der Waals surface area contributed by atoms with E-state index >= 15 is 0 Å². The number of hydrogen-bond donors (Lipinski definition) is 0. The zero-order chi connectivity index (χ0) is 20.0. The third kappa shape index (κ3) is 5.36. The maximum absolute atomic E-state index is 12.7. The van der Waals surface area contributed by atoms with E-state index in [4.69, 9.17) is 10.00 Å². The number of rotatable bonds is 5. The zero-order valence-corrected chi connectivity index (χ0v) is 15.3. The molecule has 0 saturated carbocycles. The lowest BCUT2D eigenvalue weighted by Crippen LogP contribution is -2.33. The number of aromatic nitrogens is 1. The number of hydrogen-bond acceptors (Lipinski definition) is 5. The van der Waals surface area contributed by atoms with Gasteiger partial charge in [0.1, 0.15) is 18.2 Å². The third-order valence-corrected chi connectivity index (χ3v) is 4.65. The summed E-state index contributed by atoms with van der Waals surface area (Å²) in [6.45, 7) is 4.44. The number of benzene rings is 1. The van der Waals surface area contributed by atoms with Gasteiger partial charge in [-0.15, -0.1) is 0 Å². The summed E-state index contributed by atoms with van der Waals surface area (Å²) in [5.74, 6) is 1.30. The molecule has 1 fully saturated rings. The Morgan fingerprint density at radius 1 is 1.04 bits per heavy atom. The highest BCUT2D eigenvalue weighted by molar-refractivity contribution is 5.40. The highest BCUT2D eigenvalue weighted by Crippen LogP contribution is 2.29. The zero-order valence-electron chi connectivity index (χ0n) is 15.3. The first kappa shape index (κ1) is 20.0. The Bertz CT molecular complexity index is 800. The smallest absolute Gasteiger partial charge is 0.417 e. The second-order valence-electron chi connectivity index (χ2n) is 6.57. The van der Waals surface area contributed by atoms with Crippen LogP contribution in [0.5, 0.6) is 5.75 Å². The fraction of sp³-hybridized carbons (Fsp3) is 0.400. The molecule has 1 aliphatic rings. The van der Waals surface area contributed by atoms with Crippen molar-refractivity contribution in [2.45, 2.75) is 12.6 Å². The summed E-state index contributed by atoms with van der Waals surface area (Å²) in [6, 6.07) is 11.6. The molecule has 1 aromatic carbocycles. The molecule has 28 heavy (non-hydrogen) atoms. The van der Waals surface area contributed by atoms with Crippen molar-refractivity contribution in [3.8, 4) is 11.8 Å². The molecule has 0 amide bonds. The molecule has 0 atom stereocenters. The molecule has 2 aromatic rings. The number of nitriles is 1. The van der Waals surface area contributed by atoms with Gasteiger partial charge in [-0.25, -0.2) is 4.98 Å². The molecule has 3 rings (SSSR count). The van der Waals surface area contributed by atoms with Crippen molar-refractivity contribution >= 4 is 5.82 Å². The van der Waals surface area contributed by atoms with Crippen molar-refractivity contribution in [3.05, 3.63) is 53.7 Å². The first-order valence-corrected chi connectivity index (χ1v) is 9.09. The second kappa shape index (κ2) is 8.93. The van der Waals surface area contributed by atoms with E-state index in [1.54, 1.807) is 24.3 Å². The van der Waals surface area contributed by atoms with Gasteiger partial charge in [-0.1, -0.05) is 0 Å². The third-order valence-electron chi connectivity index (χ3n) is 4.65. The molecule has 1 aliphatic heterocycles. The van der Waals surface area contributed by atoms with Crippen LogP contribution in [0.1, 0.15) is 17.5 Å². The van der Waals surface area contributed by atoms with Crippen molar-refractivity contribution in [2.24, 2.45) is 0 Å². The monoisotopic (exact) mass is 390 g/mol. The predicted molar refractivity (Wildman–Crippen MR) is 99.2 cm³/mol. The molecule has 0 N–H and O–H groups in total. The molecule has 2 heterocycles. The van der Waals surface area contributed by atoms with E-state index in [1.165, 1.54) is 6.07 Å². The number of alkyl halides is 3. The quantitative estimate of drug-likeness (QED) is 0.781. The normalized spacial score (nSPS) is 15.7. The average Bonchev–Trinajstić information content (AvgIpc) is 2.94. The van der Waals surface area contributed by atoms with Crippen LogP contribution in [-0.4, -0.2) is 49.2 Å². The number of pyridine rings is 1. The highest BCUT2D eigenvalue weighted by Gasteiger charge is 2.31. The molecule has 0 aliphatic carbocycles. The van der Waals surface area contributed by atoms with E-state index in [1.807, 2.05) is 4.90 Å². The molecule has 0 bridgehead atoms. The lowest BCUT2D eigenvalue weighted by atomic mass is 10.2. The Hall–Kier alpha value is -2.79. The van der Waals surface area contributed by atoms with Gasteiger partial charge in [-0.3, -0.25) is 4.90 Å². The van der Waals surface area contributed by atoms with Gasteiger partial charge in [-0.05, 0) is 42.8 Å². The van der Waals surface area contributed by atoms with Gasteiger partial charge in [0.15, 0.2) is 0 Å². The maximum atomic E-state index is 12.7. The van der Waals surface area contributed by atoms with Gasteiger partial charge in [0.25, 0.3) is 0 Å². The minimum Gasteiger partial charge on any atom is -0.492 e. The predicted octanol–water partition coefficient (Wildman–Crippen LogP) is 3.56. The van der Waals surface area contributed by atoms with Crippen LogP contribution in [0.3, 0.4) is 0 Å². The van der Waals surface area contributed by atoms with Crippen LogP contribution in [0.15, 0.2) is 42.6 Å². The van der Waals surface area contributed by atoms with Crippen molar-refractivity contribution in [2.75, 3.05) is 44.2 Å². The van der Waals surface area contributed by atoms with Gasteiger partial charge in [0, 0.05) is 38.9 Å². The summed E-state index contributed by atoms with van der Waals surface area (Å²) in [4.78, 5) is 8.28. The van der Waals surface area contributed by atoms with E-state index in [9.17, 15) is 13.2 Å². The molecule has 1 aromatic heterocycles. The van der Waals surface area contributed by atoms with Crippen LogP contribution in [0, 0.1) is 11.3 Å². The van der Waals surface area contributed by atoms with Gasteiger partial charge in [-0.2, -0.15) is 18.4 Å². The number of anilines is 1. The lowest BCUT2D eigenvalue weighted by molar-refractivity contribution is -0.137. The number of halogens is 3. The van der Waals surface area contributed by atoms with Crippen LogP contribution in [-0.2, 0) is 6.18 Å². The van der Waals surface area contributed by atoms with Crippen LogP contribution in [0.4, 0.5) is 19.0 Å². The van der Waals surface area contributed by atoms with Crippen molar-refractivity contribution in [1.29, 1.82) is 5.26 Å². The summed E-state index contributed by atoms with van der Waals surface area (Å²) >= 11 is 0. The van der Waals surface area contributed by atoms with E-state index < -0.39 is 11.7 Å². The Balaban J connectivity index is 1.47. The van der Waals surface area contributed by atoms with Crippen LogP contribution in [0.2, 0.25) is 0 Å². The second-order valence-corrected chi connectivity index (χ2v) is 6.57. The Kier molecular flexibility index (Phi) is 6.37. The van der Waals surface area contributed by atoms with Crippen molar-refractivity contribution in [3.63, 3.8) is 0 Å². The molecule has 0 radical (unpaired) electrons. The Labute approximate surface area is 162 Å². The standard InChI is InChI=1S/C20H21F3N4O/c21-20(22,23)17-4-7-19(25-15-17)27-9-1-8-26(10-11-27)12-13-28-18-5-2-16(14-24)3-6-18/h2-7,15H,1,8-13H2. The molecular formula is C20H21F3N4O. The average molecular weight is 390 g/mol. The van der Waals surface area contributed by atoms with Crippen molar-refractivity contribution < 1.29 is 17.9 Å². The van der Waals surface area contributed by atoms with Gasteiger partial charge < -0.3 is 9.64 Å². The fourth-order valence-corrected chi connectivity index (χ4v) is 3.08. The number of nitrogens with zero attached hydrogens (tertiary/aromatic N) is 4. The van der Waals surface area contributed by atoms with Crippen molar-refractivity contribution in [1.82, 2.24) is 9.88 Å². The highest BCUT2D eigenvalue weighted by atomic mass is 19.4. The van der Waals surface area contributed by atoms with Crippen LogP contribution < -0.4 is 9.64 Å². The van der Waals surface area contributed by atoms with E-state index in [2.05, 4.69) is 16.0 Å². The van der Waals surface area contributed by atoms with Crippen LogP contribution in [0.25, 0.3) is 0 Å². The SMILES string of the molecule is N#Cc1ccc(OCCN2CCCN(c3ccc(C(F)(F)F)cn3)CC2)cc1. The first-order valence-electron chi connectivity index (χ1n) is 9.09. The maximum Gasteiger partial charge on any atom is 0.417 e. The first-order chi connectivity index (χ1) is 13.5. The summed E-state index contributed by atoms with van der Waals surface area (Å²) in [5.41, 5.74) is -0.135. The van der Waals surface area contributed by atoms with Gasteiger partial charge >= 0.3 is 6.18 Å². The summed E-state index contributed by atoms with van der Waals surface area (Å²) < 4.78 is 43.7.